The van der Waals surface area contributed by atoms with Crippen LogP contribution < -0.4 is 43.0 Å². The predicted molar refractivity (Wildman–Crippen MR) is 584 cm³/mol. The Morgan fingerprint density at radius 3 is 0.648 bits per heavy atom. The van der Waals surface area contributed by atoms with Crippen LogP contribution in [0.3, 0.4) is 0 Å². The summed E-state index contributed by atoms with van der Waals surface area (Å²) in [5.41, 5.74) is -9.06. The zero-order valence-electron chi connectivity index (χ0n) is 90.3. The SMILES string of the molecule is C.CPCC(C)(C)C(=O)OCC(COCC(=O)NCCC(=O)NCC(CNC(=O)CCNC(=O)COCC(COC(=O)C(C)(C)CCP)(COC(=O)C(C)(C)CPC)COC(=O)C(C)(C)CPC)(CNC(=O)CCNC(=O)COCC(COC(=O)C(C)(C)CCP)(COC(=O)C(C)(C)CPC)COC(=O)C(C)(C)CPC)COCCNC(=O)CCOCCN)(COC(=O)C(C)(C)CCP)COC(=O)C(C)(C)CCP.[Y]. The van der Waals surface area contributed by atoms with Gasteiger partial charge in [-0.3, -0.25) is 76.7 Å². The van der Waals surface area contributed by atoms with Crippen molar-refractivity contribution in [2.75, 3.05) is 267 Å². The van der Waals surface area contributed by atoms with Gasteiger partial charge in [0.15, 0.2) is 0 Å². The summed E-state index contributed by atoms with van der Waals surface area (Å²) in [5, 5.41) is 19.2. The van der Waals surface area contributed by atoms with E-state index in [0.29, 0.717) is 124 Å². The molecule has 9 atom stereocenters. The summed E-state index contributed by atoms with van der Waals surface area (Å²) in [6, 6.07) is 0. The third-order valence-corrected chi connectivity index (χ3v) is 30.7. The van der Waals surface area contributed by atoms with Crippen LogP contribution in [0.15, 0.2) is 0 Å². The van der Waals surface area contributed by atoms with Gasteiger partial charge in [0.05, 0.1) is 111 Å². The van der Waals surface area contributed by atoms with Crippen molar-refractivity contribution in [2.45, 2.75) is 183 Å². The third-order valence-electron chi connectivity index (χ3n) is 23.4. The first-order chi connectivity index (χ1) is 66.6. The molecule has 7 amide bonds. The van der Waals surface area contributed by atoms with Crippen molar-refractivity contribution in [3.05, 3.63) is 0 Å². The van der Waals surface area contributed by atoms with Crippen molar-refractivity contribution >= 4 is 175 Å². The van der Waals surface area contributed by atoms with Gasteiger partial charge in [0.2, 0.25) is 41.4 Å². The first-order valence-electron chi connectivity index (χ1n) is 48.7. The van der Waals surface area contributed by atoms with Crippen molar-refractivity contribution < 1.29 is 176 Å². The van der Waals surface area contributed by atoms with E-state index in [1.54, 1.807) is 125 Å². The van der Waals surface area contributed by atoms with Gasteiger partial charge in [-0.2, -0.15) is 0 Å². The number of amides is 7. The van der Waals surface area contributed by atoms with Gasteiger partial charge in [0, 0.05) is 116 Å². The monoisotopic (exact) mass is 2310 g/mol. The summed E-state index contributed by atoms with van der Waals surface area (Å²) in [6.07, 6.45) is 5.35. The Balaban J connectivity index is -0.000101. The van der Waals surface area contributed by atoms with E-state index in [4.69, 9.17) is 72.0 Å². The first kappa shape index (κ1) is 145. The Morgan fingerprint density at radius 2 is 0.441 bits per heavy atom. The molecule has 9 unspecified atom stereocenters. The average Bonchev–Trinajstić information content (AvgIpc) is 0.827. The van der Waals surface area contributed by atoms with E-state index in [2.05, 4.69) is 74.2 Å². The maximum absolute atomic E-state index is 14.2. The Morgan fingerprint density at radius 1 is 0.241 bits per heavy atom. The van der Waals surface area contributed by atoms with E-state index in [0.717, 1.165) is 0 Å². The molecule has 0 bridgehead atoms. The molecule has 839 valence electrons. The second-order valence-electron chi connectivity index (χ2n) is 42.6. The van der Waals surface area contributed by atoms with Gasteiger partial charge in [-0.15, -0.1) is 79.9 Å². The number of carbonyl (C=O) groups is 16. The molecule has 0 rings (SSSR count). The molecule has 145 heavy (non-hydrogen) atoms. The molecule has 0 fully saturated rings. The minimum absolute atomic E-state index is 0. The van der Waals surface area contributed by atoms with E-state index in [1.165, 1.54) is 0 Å². The molecule has 38 nitrogen and oxygen atoms in total. The molecule has 0 aliphatic heterocycles. The molecular formula is C97H183N8O30P9Y. The van der Waals surface area contributed by atoms with Crippen LogP contribution >= 0.6 is 79.9 Å². The van der Waals surface area contributed by atoms with Gasteiger partial charge in [-0.25, -0.2) is 0 Å². The summed E-state index contributed by atoms with van der Waals surface area (Å²) in [7, 11) is 12.3. The Hall–Kier alpha value is -3.75. The van der Waals surface area contributed by atoms with Gasteiger partial charge < -0.3 is 109 Å². The number of ether oxygens (including phenoxy) is 14. The van der Waals surface area contributed by atoms with Crippen LogP contribution in [-0.2, 0) is 176 Å². The number of nitrogens with one attached hydrogen (secondary N) is 7. The molecule has 48 heteroatoms. The van der Waals surface area contributed by atoms with Gasteiger partial charge in [-0.05, 0) is 239 Å². The molecule has 0 aromatic rings. The van der Waals surface area contributed by atoms with Gasteiger partial charge in [0.25, 0.3) is 0 Å². The summed E-state index contributed by atoms with van der Waals surface area (Å²) in [6.45, 7) is 31.4. The largest absolute Gasteiger partial charge is 0.464 e. The molecule has 9 N–H and O–H groups in total. The number of hydrogen-bond donors (Lipinski definition) is 8. The van der Waals surface area contributed by atoms with Crippen LogP contribution in [0.1, 0.15) is 183 Å². The van der Waals surface area contributed by atoms with Crippen LogP contribution in [0, 0.1) is 70.4 Å². The van der Waals surface area contributed by atoms with Crippen LogP contribution in [0.5, 0.6) is 0 Å². The fourth-order valence-corrected chi connectivity index (χ4v) is 21.6. The van der Waals surface area contributed by atoms with E-state index >= 15 is 0 Å². The topological polar surface area (TPSA) is 513 Å². The number of carbonyl (C=O) groups excluding carboxylic acids is 16. The fraction of sp³-hybridized carbons (Fsp3) is 0.835. The molecule has 0 aromatic carbocycles. The van der Waals surface area contributed by atoms with Crippen molar-refractivity contribution in [1.82, 2.24) is 37.2 Å². The van der Waals surface area contributed by atoms with E-state index < -0.39 is 259 Å². The third kappa shape index (κ3) is 59.5. The minimum Gasteiger partial charge on any atom is -0.464 e. The summed E-state index contributed by atoms with van der Waals surface area (Å²) >= 11 is 0. The Kier molecular flexibility index (Phi) is 73.8. The standard InChI is InChI=1S/C96H179N8O30P9.CH4.Y/c1-84(2,28-40-135)75(112)126-54-94(55-127-76(113)85(3,4)29-41-136,58-130-79(116)88(9,10)63-139-19)51-123-44-72(109)98-33-24-68(105)102-47-93(50-122-39-36-101-71(108)27-37-121-38-32-97,48-103-69(106)25-34-99-73(110)45-124-52-95(56-128-77(114)86(5,6)30-42-137,59-131-80(117)89(11,12)64-140-20)60-132-81(118)90(13,14)65-141-21)49-104-70(107)26-35-100-74(111)46-125-53-96(57-129-78(115)87(7,8)31-43-138,61-133-82(119)91(15,16)66-142-22)62-134-83(120)92(17,18)67-143-23;;/h139-143H,24-67,97,135-138H2,1-23H3,(H,98,109)(H,99,110)(H,100,111)(H,101,108)(H,102,105)(H,103,106)(H,104,107);1H4;. The molecule has 0 aliphatic rings. The first-order valence-corrected chi connectivity index (χ1v) is 60.5. The number of nitrogens with two attached hydrogens (primary N) is 1. The zero-order chi connectivity index (χ0) is 109. The Labute approximate surface area is 907 Å². The normalized spacial score (nSPS) is 13.8. The van der Waals surface area contributed by atoms with E-state index in [1.807, 2.05) is 33.3 Å². The van der Waals surface area contributed by atoms with Gasteiger partial charge in [-0.1, -0.05) is 7.43 Å². The second kappa shape index (κ2) is 73.6. The van der Waals surface area contributed by atoms with Gasteiger partial charge in [0.1, 0.15) is 79.3 Å². The number of hydrogen-bond acceptors (Lipinski definition) is 31. The zero-order valence-corrected chi connectivity index (χ0v) is 103. The summed E-state index contributed by atoms with van der Waals surface area (Å²) in [4.78, 5) is 221. The molecular weight excluding hydrogens is 2120 g/mol. The molecule has 0 aromatic heterocycles. The van der Waals surface area contributed by atoms with Crippen molar-refractivity contribution in [1.29, 1.82) is 0 Å². The maximum atomic E-state index is 14.2. The summed E-state index contributed by atoms with van der Waals surface area (Å²) < 4.78 is 83.3. The molecule has 0 spiro atoms. The molecule has 0 aliphatic carbocycles. The number of esters is 9. The number of rotatable bonds is 82. The Bertz CT molecular complexity index is 3350. The molecule has 0 saturated heterocycles. The van der Waals surface area contributed by atoms with Crippen LogP contribution in [0.2, 0.25) is 0 Å². The van der Waals surface area contributed by atoms with E-state index in [9.17, 15) is 76.7 Å². The van der Waals surface area contributed by atoms with Crippen LogP contribution in [0.25, 0.3) is 0 Å². The fourth-order valence-electron chi connectivity index (χ4n) is 13.5. The molecule has 0 saturated carbocycles. The van der Waals surface area contributed by atoms with Crippen molar-refractivity contribution in [2.24, 2.45) is 76.1 Å². The van der Waals surface area contributed by atoms with Crippen molar-refractivity contribution in [3.63, 3.8) is 0 Å². The average molecular weight is 2310 g/mol. The maximum Gasteiger partial charge on any atom is 0.311 e. The van der Waals surface area contributed by atoms with Crippen LogP contribution in [-0.4, -0.2) is 362 Å². The van der Waals surface area contributed by atoms with E-state index in [-0.39, 0.29) is 151 Å². The van der Waals surface area contributed by atoms with Gasteiger partial charge >= 0.3 is 53.7 Å². The predicted octanol–water partition coefficient (Wildman–Crippen LogP) is 7.71. The summed E-state index contributed by atoms with van der Waals surface area (Å²) in [5.74, 6) is -9.72. The quantitative estimate of drug-likeness (QED) is 0.0125. The smallest absolute Gasteiger partial charge is 0.311 e. The molecule has 0 heterocycles. The molecule has 1 radical (unpaired) electrons. The van der Waals surface area contributed by atoms with Crippen molar-refractivity contribution in [3.8, 4) is 0 Å². The second-order valence-corrected chi connectivity index (χ2v) is 50.2. The van der Waals surface area contributed by atoms with Crippen LogP contribution in [0.4, 0.5) is 0 Å². The minimum atomic E-state index is -1.55.